The van der Waals surface area contributed by atoms with Crippen molar-refractivity contribution in [3.05, 3.63) is 5.89 Å². The maximum Gasteiger partial charge on any atom is 0.318 e. The van der Waals surface area contributed by atoms with E-state index in [0.717, 1.165) is 26.1 Å². The number of nitrogens with zero attached hydrogens (tertiary/aromatic N) is 3. The molecule has 1 aromatic heterocycles. The lowest BCUT2D eigenvalue weighted by molar-refractivity contribution is 0.136. The van der Waals surface area contributed by atoms with E-state index in [-0.39, 0.29) is 6.10 Å². The Kier molecular flexibility index (Phi) is 3.96. The third-order valence-corrected chi connectivity index (χ3v) is 3.16. The molecule has 0 aromatic carbocycles. The minimum Gasteiger partial charge on any atom is -0.407 e. The van der Waals surface area contributed by atoms with Crippen LogP contribution in [-0.4, -0.2) is 41.0 Å². The molecule has 0 radical (unpaired) electrons. The third-order valence-electron chi connectivity index (χ3n) is 3.16. The van der Waals surface area contributed by atoms with Crippen LogP contribution >= 0.6 is 0 Å². The molecule has 0 bridgehead atoms. The van der Waals surface area contributed by atoms with Gasteiger partial charge >= 0.3 is 6.01 Å². The van der Waals surface area contributed by atoms with E-state index in [1.165, 1.54) is 0 Å². The van der Waals surface area contributed by atoms with Gasteiger partial charge in [0.15, 0.2) is 0 Å². The summed E-state index contributed by atoms with van der Waals surface area (Å²) in [6.07, 6.45) is 0.701. The Morgan fingerprint density at radius 2 is 2.41 bits per heavy atom. The fourth-order valence-corrected chi connectivity index (χ4v) is 2.03. The normalized spacial score (nSPS) is 22.1. The average molecular weight is 240 g/mol. The monoisotopic (exact) mass is 240 g/mol. The quantitative estimate of drug-likeness (QED) is 0.775. The van der Waals surface area contributed by atoms with E-state index in [2.05, 4.69) is 15.5 Å². The summed E-state index contributed by atoms with van der Waals surface area (Å²) < 4.78 is 5.56. The summed E-state index contributed by atoms with van der Waals surface area (Å²) in [5.41, 5.74) is 0. The van der Waals surface area contributed by atoms with Gasteiger partial charge in [-0.25, -0.2) is 0 Å². The van der Waals surface area contributed by atoms with Crippen LogP contribution in [0.15, 0.2) is 4.42 Å². The zero-order chi connectivity index (χ0) is 12.3. The number of hydrogen-bond donors (Lipinski definition) is 2. The second-order valence-electron chi connectivity index (χ2n) is 4.49. The molecule has 2 atom stereocenters. The molecule has 0 amide bonds. The molecule has 1 aliphatic heterocycles. The van der Waals surface area contributed by atoms with E-state index >= 15 is 0 Å². The van der Waals surface area contributed by atoms with Crippen LogP contribution in [0.3, 0.4) is 0 Å². The standard InChI is InChI=1S/C11H20N4O2/c1-3-12-6-10-13-14-11(17-10)15-5-4-9(7-15)8(2)16/h8-9,12,16H,3-7H2,1-2H3. The van der Waals surface area contributed by atoms with Crippen LogP contribution in [0.5, 0.6) is 0 Å². The van der Waals surface area contributed by atoms with E-state index in [1.807, 2.05) is 18.7 Å². The highest BCUT2D eigenvalue weighted by Crippen LogP contribution is 2.24. The first-order valence-electron chi connectivity index (χ1n) is 6.16. The molecular formula is C11H20N4O2. The van der Waals surface area contributed by atoms with E-state index in [9.17, 15) is 5.11 Å². The lowest BCUT2D eigenvalue weighted by Crippen LogP contribution is -2.24. The minimum atomic E-state index is -0.274. The lowest BCUT2D eigenvalue weighted by Gasteiger charge is -2.14. The maximum atomic E-state index is 9.53. The smallest absolute Gasteiger partial charge is 0.318 e. The molecule has 2 heterocycles. The molecule has 0 saturated carbocycles. The van der Waals surface area contributed by atoms with Gasteiger partial charge in [0.1, 0.15) is 0 Å². The van der Waals surface area contributed by atoms with Crippen LogP contribution in [0.4, 0.5) is 6.01 Å². The first-order valence-corrected chi connectivity index (χ1v) is 6.16. The summed E-state index contributed by atoms with van der Waals surface area (Å²) in [7, 11) is 0. The molecule has 2 rings (SSSR count). The highest BCUT2D eigenvalue weighted by molar-refractivity contribution is 5.26. The van der Waals surface area contributed by atoms with E-state index in [0.29, 0.717) is 24.4 Å². The summed E-state index contributed by atoms with van der Waals surface area (Å²) in [5.74, 6) is 0.918. The Bertz CT molecular complexity index is 353. The van der Waals surface area contributed by atoms with Crippen LogP contribution in [0, 0.1) is 5.92 Å². The molecule has 17 heavy (non-hydrogen) atoms. The van der Waals surface area contributed by atoms with Crippen molar-refractivity contribution in [2.75, 3.05) is 24.5 Å². The molecule has 6 nitrogen and oxygen atoms in total. The fourth-order valence-electron chi connectivity index (χ4n) is 2.03. The maximum absolute atomic E-state index is 9.53. The second-order valence-corrected chi connectivity index (χ2v) is 4.49. The van der Waals surface area contributed by atoms with Crippen LogP contribution in [0.1, 0.15) is 26.2 Å². The van der Waals surface area contributed by atoms with Gasteiger partial charge in [-0.1, -0.05) is 12.0 Å². The largest absolute Gasteiger partial charge is 0.407 e. The summed E-state index contributed by atoms with van der Waals surface area (Å²) in [5, 5.41) is 20.7. The van der Waals surface area contributed by atoms with Crippen LogP contribution in [0.25, 0.3) is 0 Å². The molecule has 1 saturated heterocycles. The van der Waals surface area contributed by atoms with Crippen molar-refractivity contribution < 1.29 is 9.52 Å². The zero-order valence-corrected chi connectivity index (χ0v) is 10.4. The number of hydrogen-bond acceptors (Lipinski definition) is 6. The molecule has 96 valence electrons. The van der Waals surface area contributed by atoms with Gasteiger partial charge in [-0.3, -0.25) is 0 Å². The van der Waals surface area contributed by atoms with Crippen molar-refractivity contribution in [3.63, 3.8) is 0 Å². The highest BCUT2D eigenvalue weighted by atomic mass is 16.4. The summed E-state index contributed by atoms with van der Waals surface area (Å²) >= 11 is 0. The van der Waals surface area contributed by atoms with Crippen molar-refractivity contribution >= 4 is 6.01 Å². The topological polar surface area (TPSA) is 74.4 Å². The Labute approximate surface area is 101 Å². The first-order chi connectivity index (χ1) is 8.20. The van der Waals surface area contributed by atoms with Crippen molar-refractivity contribution in [2.24, 2.45) is 5.92 Å². The molecule has 2 unspecified atom stereocenters. The van der Waals surface area contributed by atoms with Gasteiger partial charge in [0.25, 0.3) is 0 Å². The molecule has 2 N–H and O–H groups in total. The fraction of sp³-hybridized carbons (Fsp3) is 0.818. The van der Waals surface area contributed by atoms with Crippen LogP contribution < -0.4 is 10.2 Å². The highest BCUT2D eigenvalue weighted by Gasteiger charge is 2.28. The predicted octanol–water partition coefficient (Wildman–Crippen LogP) is 0.386. The molecule has 1 aromatic rings. The van der Waals surface area contributed by atoms with Gasteiger partial charge in [0.2, 0.25) is 5.89 Å². The van der Waals surface area contributed by atoms with Gasteiger partial charge < -0.3 is 19.7 Å². The number of rotatable bonds is 5. The van der Waals surface area contributed by atoms with Gasteiger partial charge in [-0.2, -0.15) is 0 Å². The number of aromatic nitrogens is 2. The van der Waals surface area contributed by atoms with Crippen molar-refractivity contribution in [3.8, 4) is 0 Å². The molecule has 6 heteroatoms. The summed E-state index contributed by atoms with van der Waals surface area (Å²) in [6, 6.07) is 0.570. The Hall–Kier alpha value is -1.14. The van der Waals surface area contributed by atoms with Crippen molar-refractivity contribution in [1.29, 1.82) is 0 Å². The minimum absolute atomic E-state index is 0.274. The second kappa shape index (κ2) is 5.46. The molecular weight excluding hydrogens is 220 g/mol. The van der Waals surface area contributed by atoms with E-state index < -0.39 is 0 Å². The SMILES string of the molecule is CCNCc1nnc(N2CCC(C(C)O)C2)o1. The lowest BCUT2D eigenvalue weighted by atomic mass is 10.0. The summed E-state index contributed by atoms with van der Waals surface area (Å²) in [6.45, 7) is 7.02. The van der Waals surface area contributed by atoms with Gasteiger partial charge in [-0.15, -0.1) is 5.10 Å². The number of anilines is 1. The first kappa shape index (κ1) is 12.3. The summed E-state index contributed by atoms with van der Waals surface area (Å²) in [4.78, 5) is 2.04. The van der Waals surface area contributed by atoms with Crippen LogP contribution in [-0.2, 0) is 6.54 Å². The Morgan fingerprint density at radius 3 is 3.06 bits per heavy atom. The van der Waals surface area contributed by atoms with E-state index in [1.54, 1.807) is 0 Å². The third kappa shape index (κ3) is 2.95. The molecule has 1 fully saturated rings. The predicted molar refractivity (Wildman–Crippen MR) is 63.7 cm³/mol. The number of aliphatic hydroxyl groups is 1. The van der Waals surface area contributed by atoms with Crippen molar-refractivity contribution in [1.82, 2.24) is 15.5 Å². The van der Waals surface area contributed by atoms with Gasteiger partial charge in [0.05, 0.1) is 12.6 Å². The average Bonchev–Trinajstić information content (AvgIpc) is 2.94. The number of nitrogens with one attached hydrogen (secondary N) is 1. The zero-order valence-electron chi connectivity index (χ0n) is 10.4. The molecule has 0 spiro atoms. The Balaban J connectivity index is 1.92. The van der Waals surface area contributed by atoms with Crippen molar-refractivity contribution in [2.45, 2.75) is 32.9 Å². The van der Waals surface area contributed by atoms with E-state index in [4.69, 9.17) is 4.42 Å². The molecule has 1 aliphatic rings. The molecule has 0 aliphatic carbocycles. The Morgan fingerprint density at radius 1 is 1.59 bits per heavy atom. The van der Waals surface area contributed by atoms with Gasteiger partial charge in [-0.05, 0) is 19.9 Å². The van der Waals surface area contributed by atoms with Gasteiger partial charge in [0, 0.05) is 19.0 Å². The van der Waals surface area contributed by atoms with Crippen LogP contribution in [0.2, 0.25) is 0 Å². The number of aliphatic hydroxyl groups excluding tert-OH is 1.